The number of anilines is 2. The van der Waals surface area contributed by atoms with Crippen LogP contribution in [0.2, 0.25) is 0 Å². The lowest BCUT2D eigenvalue weighted by Gasteiger charge is -2.33. The minimum absolute atomic E-state index is 0.0311. The van der Waals surface area contributed by atoms with Crippen molar-refractivity contribution in [2.45, 2.75) is 58.0 Å². The average Bonchev–Trinajstić information content (AvgIpc) is 2.81. The highest BCUT2D eigenvalue weighted by atomic mass is 16.5. The van der Waals surface area contributed by atoms with Crippen LogP contribution in [0.15, 0.2) is 48.5 Å². The summed E-state index contributed by atoms with van der Waals surface area (Å²) in [6.45, 7) is 2.54. The maximum Gasteiger partial charge on any atom is 0.267 e. The van der Waals surface area contributed by atoms with Gasteiger partial charge in [0, 0.05) is 18.2 Å². The van der Waals surface area contributed by atoms with Crippen molar-refractivity contribution in [1.29, 1.82) is 0 Å². The van der Waals surface area contributed by atoms with Crippen LogP contribution in [0.5, 0.6) is 11.5 Å². The van der Waals surface area contributed by atoms with Gasteiger partial charge in [-0.3, -0.25) is 9.59 Å². The van der Waals surface area contributed by atoms with E-state index in [0.29, 0.717) is 42.6 Å². The number of fused-ring (bicyclic) bond motifs is 1. The monoisotopic (exact) mass is 436 g/mol. The highest BCUT2D eigenvalue weighted by Crippen LogP contribution is 2.36. The van der Waals surface area contributed by atoms with Gasteiger partial charge in [-0.15, -0.1) is 0 Å². The Labute approximate surface area is 189 Å². The number of hydrogen-bond acceptors (Lipinski definition) is 4. The third kappa shape index (κ3) is 5.61. The van der Waals surface area contributed by atoms with Crippen LogP contribution >= 0.6 is 0 Å². The molecular weight excluding hydrogens is 404 g/mol. The number of nitrogens with one attached hydrogen (secondary N) is 1. The molecule has 6 nitrogen and oxygen atoms in total. The number of amides is 2. The molecule has 1 heterocycles. The van der Waals surface area contributed by atoms with Gasteiger partial charge in [0.25, 0.3) is 5.91 Å². The number of carbonyl (C=O) groups excluding carboxylic acids is 2. The van der Waals surface area contributed by atoms with Gasteiger partial charge in [-0.1, -0.05) is 50.3 Å². The minimum atomic E-state index is -0.587. The predicted molar refractivity (Wildman–Crippen MR) is 125 cm³/mol. The van der Waals surface area contributed by atoms with Crippen molar-refractivity contribution in [3.8, 4) is 11.5 Å². The van der Waals surface area contributed by atoms with Gasteiger partial charge in [0.05, 0.1) is 12.2 Å². The number of rotatable bonds is 8. The molecule has 1 fully saturated rings. The quantitative estimate of drug-likeness (QED) is 0.619. The molecule has 32 heavy (non-hydrogen) atoms. The summed E-state index contributed by atoms with van der Waals surface area (Å²) in [7, 11) is 0. The van der Waals surface area contributed by atoms with Gasteiger partial charge in [-0.05, 0) is 43.5 Å². The molecule has 1 aliphatic carbocycles. The van der Waals surface area contributed by atoms with Gasteiger partial charge in [0.1, 0.15) is 18.1 Å². The summed E-state index contributed by atoms with van der Waals surface area (Å²) < 4.78 is 11.6. The molecule has 1 saturated carbocycles. The zero-order chi connectivity index (χ0) is 22.3. The molecule has 1 aliphatic heterocycles. The molecule has 6 heteroatoms. The van der Waals surface area contributed by atoms with Crippen molar-refractivity contribution in [2.24, 2.45) is 5.92 Å². The Bertz CT molecular complexity index is 925. The maximum atomic E-state index is 12.7. The summed E-state index contributed by atoms with van der Waals surface area (Å²) in [4.78, 5) is 26.8. The number of para-hydroxylation sites is 1. The first-order chi connectivity index (χ1) is 15.6. The van der Waals surface area contributed by atoms with Gasteiger partial charge in [0.15, 0.2) is 6.10 Å². The van der Waals surface area contributed by atoms with E-state index in [4.69, 9.17) is 9.47 Å². The summed E-state index contributed by atoms with van der Waals surface area (Å²) in [5.74, 6) is 1.98. The van der Waals surface area contributed by atoms with Crippen molar-refractivity contribution in [1.82, 2.24) is 0 Å². The maximum absolute atomic E-state index is 12.7. The molecule has 2 aromatic rings. The molecule has 2 amide bonds. The number of benzene rings is 2. The van der Waals surface area contributed by atoms with Crippen LogP contribution in [-0.2, 0) is 9.59 Å². The number of ether oxygens (including phenoxy) is 2. The van der Waals surface area contributed by atoms with Crippen molar-refractivity contribution in [3.05, 3.63) is 48.5 Å². The summed E-state index contributed by atoms with van der Waals surface area (Å²) in [5.41, 5.74) is 1.39. The largest absolute Gasteiger partial charge is 0.492 e. The molecule has 1 atom stereocenters. The molecule has 0 spiro atoms. The third-order valence-corrected chi connectivity index (χ3v) is 6.28. The SMILES string of the molecule is CC1Oc2cc(NC(=O)CCC3CCCCC3)ccc2N(CCOc2ccccc2)C1=O. The van der Waals surface area contributed by atoms with E-state index in [1.807, 2.05) is 48.5 Å². The Morgan fingerprint density at radius 3 is 2.69 bits per heavy atom. The topological polar surface area (TPSA) is 67.9 Å². The minimum Gasteiger partial charge on any atom is -0.492 e. The Morgan fingerprint density at radius 1 is 1.12 bits per heavy atom. The lowest BCUT2D eigenvalue weighted by Crippen LogP contribution is -2.46. The van der Waals surface area contributed by atoms with Crippen molar-refractivity contribution in [3.63, 3.8) is 0 Å². The first-order valence-corrected chi connectivity index (χ1v) is 11.7. The van der Waals surface area contributed by atoms with Crippen LogP contribution in [0.25, 0.3) is 0 Å². The molecule has 170 valence electrons. The summed E-state index contributed by atoms with van der Waals surface area (Å²) in [6, 6.07) is 15.0. The molecule has 0 aromatic heterocycles. The van der Waals surface area contributed by atoms with Crippen molar-refractivity contribution >= 4 is 23.2 Å². The second kappa shape index (κ2) is 10.5. The number of nitrogens with zero attached hydrogens (tertiary/aromatic N) is 1. The van der Waals surface area contributed by atoms with E-state index in [-0.39, 0.29) is 11.8 Å². The highest BCUT2D eigenvalue weighted by Gasteiger charge is 2.31. The summed E-state index contributed by atoms with van der Waals surface area (Å²) in [5, 5.41) is 2.99. The first kappa shape index (κ1) is 22.2. The van der Waals surface area contributed by atoms with Crippen LogP contribution in [0.4, 0.5) is 11.4 Å². The zero-order valence-electron chi connectivity index (χ0n) is 18.7. The van der Waals surface area contributed by atoms with Gasteiger partial charge in [-0.25, -0.2) is 0 Å². The Balaban J connectivity index is 1.36. The van der Waals surface area contributed by atoms with E-state index in [2.05, 4.69) is 5.32 Å². The van der Waals surface area contributed by atoms with E-state index >= 15 is 0 Å². The molecule has 2 aliphatic rings. The standard InChI is InChI=1S/C26H32N2O4/c1-19-26(30)28(16-17-31-22-10-6-3-7-11-22)23-14-13-21(18-24(23)32-19)27-25(29)15-12-20-8-4-2-5-9-20/h3,6-7,10-11,13-14,18-20H,2,4-5,8-9,12,15-17H2,1H3,(H,27,29). The molecule has 0 radical (unpaired) electrons. The van der Waals surface area contributed by atoms with Crippen molar-refractivity contribution in [2.75, 3.05) is 23.4 Å². The smallest absolute Gasteiger partial charge is 0.267 e. The molecule has 1 N–H and O–H groups in total. The lowest BCUT2D eigenvalue weighted by molar-refractivity contribution is -0.125. The fraction of sp³-hybridized carbons (Fsp3) is 0.462. The average molecular weight is 437 g/mol. The normalized spacial score (nSPS) is 18.6. The van der Waals surface area contributed by atoms with Crippen LogP contribution in [0, 0.1) is 5.92 Å². The van der Waals surface area contributed by atoms with E-state index in [0.717, 1.165) is 12.2 Å². The molecule has 2 aromatic carbocycles. The highest BCUT2D eigenvalue weighted by molar-refractivity contribution is 6.00. The lowest BCUT2D eigenvalue weighted by atomic mass is 9.86. The summed E-state index contributed by atoms with van der Waals surface area (Å²) >= 11 is 0. The second-order valence-corrected chi connectivity index (χ2v) is 8.68. The second-order valence-electron chi connectivity index (χ2n) is 8.68. The number of carbonyl (C=O) groups is 2. The molecule has 1 unspecified atom stereocenters. The fourth-order valence-corrected chi connectivity index (χ4v) is 4.52. The van der Waals surface area contributed by atoms with Gasteiger partial charge >= 0.3 is 0 Å². The van der Waals surface area contributed by atoms with Gasteiger partial charge in [-0.2, -0.15) is 0 Å². The molecule has 0 saturated heterocycles. The van der Waals surface area contributed by atoms with E-state index in [1.165, 1.54) is 32.1 Å². The van der Waals surface area contributed by atoms with Gasteiger partial charge < -0.3 is 19.7 Å². The van der Waals surface area contributed by atoms with Crippen LogP contribution in [0.3, 0.4) is 0 Å². The van der Waals surface area contributed by atoms with Gasteiger partial charge in [0.2, 0.25) is 5.91 Å². The van der Waals surface area contributed by atoms with Crippen LogP contribution in [0.1, 0.15) is 51.9 Å². The Morgan fingerprint density at radius 2 is 1.91 bits per heavy atom. The van der Waals surface area contributed by atoms with Crippen molar-refractivity contribution < 1.29 is 19.1 Å². The zero-order valence-corrected chi connectivity index (χ0v) is 18.7. The van der Waals surface area contributed by atoms with Crippen LogP contribution < -0.4 is 19.7 Å². The Kier molecular flexibility index (Phi) is 7.30. The summed E-state index contributed by atoms with van der Waals surface area (Å²) in [6.07, 6.45) is 7.31. The molecule has 0 bridgehead atoms. The number of hydrogen-bond donors (Lipinski definition) is 1. The third-order valence-electron chi connectivity index (χ3n) is 6.28. The molecule has 4 rings (SSSR count). The Hall–Kier alpha value is -3.02. The van der Waals surface area contributed by atoms with E-state index in [9.17, 15) is 9.59 Å². The molecular formula is C26H32N2O4. The first-order valence-electron chi connectivity index (χ1n) is 11.7. The van der Waals surface area contributed by atoms with E-state index in [1.54, 1.807) is 11.8 Å². The predicted octanol–water partition coefficient (Wildman–Crippen LogP) is 5.18. The van der Waals surface area contributed by atoms with Crippen LogP contribution in [-0.4, -0.2) is 31.1 Å². The fourth-order valence-electron chi connectivity index (χ4n) is 4.52. The van der Waals surface area contributed by atoms with E-state index < -0.39 is 6.10 Å².